The van der Waals surface area contributed by atoms with Crippen LogP contribution in [0.2, 0.25) is 0 Å². The SMILES string of the molecule is CC1C(OC(=O)c2ccccc2)OC[C@@H](C)[C@@H]1C. The number of esters is 1. The fourth-order valence-electron chi connectivity index (χ4n) is 2.21. The summed E-state index contributed by atoms with van der Waals surface area (Å²) in [5.74, 6) is 0.912. The molecule has 1 heterocycles. The molecule has 0 aliphatic carbocycles. The second-order valence-corrected chi connectivity index (χ2v) is 5.17. The summed E-state index contributed by atoms with van der Waals surface area (Å²) >= 11 is 0. The summed E-state index contributed by atoms with van der Waals surface area (Å²) in [6.07, 6.45) is -0.427. The molecule has 0 aromatic heterocycles. The normalized spacial score (nSPS) is 31.9. The van der Waals surface area contributed by atoms with Crippen molar-refractivity contribution in [2.24, 2.45) is 17.8 Å². The average Bonchev–Trinajstić information content (AvgIpc) is 2.40. The van der Waals surface area contributed by atoms with Crippen molar-refractivity contribution in [2.75, 3.05) is 6.61 Å². The molecule has 18 heavy (non-hydrogen) atoms. The van der Waals surface area contributed by atoms with Gasteiger partial charge in [-0.25, -0.2) is 4.79 Å². The topological polar surface area (TPSA) is 35.5 Å². The Balaban J connectivity index is 2.00. The lowest BCUT2D eigenvalue weighted by atomic mass is 9.83. The van der Waals surface area contributed by atoms with Gasteiger partial charge in [0.2, 0.25) is 6.29 Å². The molecule has 0 spiro atoms. The van der Waals surface area contributed by atoms with Gasteiger partial charge in [0.15, 0.2) is 0 Å². The number of carbonyl (C=O) groups excluding carboxylic acids is 1. The Kier molecular flexibility index (Phi) is 4.02. The Bertz CT molecular complexity index is 401. The third-order valence-electron chi connectivity index (χ3n) is 3.91. The molecular formula is C15H20O3. The smallest absolute Gasteiger partial charge is 0.340 e. The van der Waals surface area contributed by atoms with Crippen molar-refractivity contribution in [1.29, 1.82) is 0 Å². The molecule has 3 heteroatoms. The van der Waals surface area contributed by atoms with Gasteiger partial charge in [0.1, 0.15) is 0 Å². The van der Waals surface area contributed by atoms with Crippen molar-refractivity contribution < 1.29 is 14.3 Å². The van der Waals surface area contributed by atoms with Crippen molar-refractivity contribution in [3.05, 3.63) is 35.9 Å². The van der Waals surface area contributed by atoms with Gasteiger partial charge in [-0.3, -0.25) is 0 Å². The van der Waals surface area contributed by atoms with Crippen molar-refractivity contribution in [3.63, 3.8) is 0 Å². The second-order valence-electron chi connectivity index (χ2n) is 5.17. The van der Waals surface area contributed by atoms with E-state index in [0.717, 1.165) is 0 Å². The standard InChI is InChI=1S/C15H20O3/c1-10-9-17-15(12(3)11(10)2)18-14(16)13-7-5-4-6-8-13/h4-8,10-12,15H,9H2,1-3H3/t10-,11+,12?,15?/m1/s1. The first kappa shape index (κ1) is 13.1. The number of carbonyl (C=O) groups is 1. The van der Waals surface area contributed by atoms with Gasteiger partial charge in [0.05, 0.1) is 12.2 Å². The van der Waals surface area contributed by atoms with Crippen molar-refractivity contribution >= 4 is 5.97 Å². The fraction of sp³-hybridized carbons (Fsp3) is 0.533. The van der Waals surface area contributed by atoms with Gasteiger partial charge in [-0.2, -0.15) is 0 Å². The predicted octanol–water partition coefficient (Wildman–Crippen LogP) is 3.11. The molecule has 0 radical (unpaired) electrons. The summed E-state index contributed by atoms with van der Waals surface area (Å²) < 4.78 is 11.1. The van der Waals surface area contributed by atoms with Gasteiger partial charge in [0.25, 0.3) is 0 Å². The Morgan fingerprint density at radius 1 is 1.17 bits per heavy atom. The van der Waals surface area contributed by atoms with Crippen molar-refractivity contribution in [2.45, 2.75) is 27.1 Å². The molecule has 0 N–H and O–H groups in total. The van der Waals surface area contributed by atoms with Crippen molar-refractivity contribution in [3.8, 4) is 0 Å². The van der Waals surface area contributed by atoms with Gasteiger partial charge >= 0.3 is 5.97 Å². The van der Waals surface area contributed by atoms with Crippen LogP contribution in [-0.4, -0.2) is 18.9 Å². The Hall–Kier alpha value is -1.35. The van der Waals surface area contributed by atoms with E-state index in [-0.39, 0.29) is 11.9 Å². The molecule has 1 aliphatic rings. The molecule has 2 rings (SSSR count). The van der Waals surface area contributed by atoms with E-state index in [1.807, 2.05) is 18.2 Å². The molecular weight excluding hydrogens is 228 g/mol. The maximum atomic E-state index is 11.9. The monoisotopic (exact) mass is 248 g/mol. The van der Waals surface area contributed by atoms with E-state index < -0.39 is 6.29 Å². The molecule has 98 valence electrons. The second kappa shape index (κ2) is 5.53. The summed E-state index contributed by atoms with van der Waals surface area (Å²) in [5.41, 5.74) is 0.569. The lowest BCUT2D eigenvalue weighted by Crippen LogP contribution is -2.41. The third kappa shape index (κ3) is 2.72. The van der Waals surface area contributed by atoms with E-state index in [2.05, 4.69) is 20.8 Å². The molecule has 2 unspecified atom stereocenters. The molecule has 0 bridgehead atoms. The van der Waals surface area contributed by atoms with E-state index in [0.29, 0.717) is 24.0 Å². The van der Waals surface area contributed by atoms with Crippen LogP contribution >= 0.6 is 0 Å². The van der Waals surface area contributed by atoms with Crippen LogP contribution in [0.5, 0.6) is 0 Å². The van der Waals surface area contributed by atoms with Gasteiger partial charge in [-0.15, -0.1) is 0 Å². The van der Waals surface area contributed by atoms with Gasteiger partial charge in [-0.1, -0.05) is 39.0 Å². The first-order valence-corrected chi connectivity index (χ1v) is 6.47. The van der Waals surface area contributed by atoms with Crippen LogP contribution in [0.25, 0.3) is 0 Å². The first-order chi connectivity index (χ1) is 8.59. The highest BCUT2D eigenvalue weighted by atomic mass is 16.7. The summed E-state index contributed by atoms with van der Waals surface area (Å²) in [6.45, 7) is 7.07. The highest BCUT2D eigenvalue weighted by Gasteiger charge is 2.35. The Morgan fingerprint density at radius 3 is 2.50 bits per heavy atom. The molecule has 3 nitrogen and oxygen atoms in total. The third-order valence-corrected chi connectivity index (χ3v) is 3.91. The van der Waals surface area contributed by atoms with E-state index in [1.165, 1.54) is 0 Å². The zero-order valence-corrected chi connectivity index (χ0v) is 11.1. The quantitative estimate of drug-likeness (QED) is 0.754. The maximum absolute atomic E-state index is 11.9. The molecule has 1 saturated heterocycles. The average molecular weight is 248 g/mol. The van der Waals surface area contributed by atoms with E-state index >= 15 is 0 Å². The van der Waals surface area contributed by atoms with Crippen LogP contribution in [0.1, 0.15) is 31.1 Å². The van der Waals surface area contributed by atoms with Gasteiger partial charge in [0, 0.05) is 5.92 Å². The van der Waals surface area contributed by atoms with Crippen LogP contribution in [0.15, 0.2) is 30.3 Å². The summed E-state index contributed by atoms with van der Waals surface area (Å²) in [5, 5.41) is 0. The first-order valence-electron chi connectivity index (χ1n) is 6.47. The fourth-order valence-corrected chi connectivity index (χ4v) is 2.21. The van der Waals surface area contributed by atoms with Crippen LogP contribution in [0.4, 0.5) is 0 Å². The van der Waals surface area contributed by atoms with E-state index in [1.54, 1.807) is 12.1 Å². The number of benzene rings is 1. The minimum atomic E-state index is -0.427. The zero-order chi connectivity index (χ0) is 13.1. The lowest BCUT2D eigenvalue weighted by molar-refractivity contribution is -0.188. The van der Waals surface area contributed by atoms with Crippen molar-refractivity contribution in [1.82, 2.24) is 0 Å². The van der Waals surface area contributed by atoms with Gasteiger partial charge < -0.3 is 9.47 Å². The molecule has 1 fully saturated rings. The molecule has 1 aliphatic heterocycles. The minimum Gasteiger partial charge on any atom is -0.432 e. The number of hydrogen-bond donors (Lipinski definition) is 0. The number of rotatable bonds is 2. The zero-order valence-electron chi connectivity index (χ0n) is 11.1. The summed E-state index contributed by atoms with van der Waals surface area (Å²) in [7, 11) is 0. The van der Waals surface area contributed by atoms with E-state index in [4.69, 9.17) is 9.47 Å². The number of ether oxygens (including phenoxy) is 2. The maximum Gasteiger partial charge on any atom is 0.340 e. The molecule has 0 saturated carbocycles. The molecule has 1 aromatic rings. The molecule has 0 amide bonds. The van der Waals surface area contributed by atoms with Crippen LogP contribution < -0.4 is 0 Å². The summed E-state index contributed by atoms with van der Waals surface area (Å²) in [4.78, 5) is 11.9. The molecule has 4 atom stereocenters. The van der Waals surface area contributed by atoms with E-state index in [9.17, 15) is 4.79 Å². The minimum absolute atomic E-state index is 0.224. The predicted molar refractivity (Wildman–Crippen MR) is 69.1 cm³/mol. The Morgan fingerprint density at radius 2 is 1.83 bits per heavy atom. The lowest BCUT2D eigenvalue weighted by Gasteiger charge is -2.37. The Labute approximate surface area is 108 Å². The molecule has 1 aromatic carbocycles. The highest BCUT2D eigenvalue weighted by Crippen LogP contribution is 2.31. The highest BCUT2D eigenvalue weighted by molar-refractivity contribution is 5.89. The van der Waals surface area contributed by atoms with Crippen LogP contribution in [-0.2, 0) is 9.47 Å². The summed E-state index contributed by atoms with van der Waals surface area (Å²) in [6, 6.07) is 9.03. The number of hydrogen-bond acceptors (Lipinski definition) is 3. The van der Waals surface area contributed by atoms with Gasteiger partial charge in [-0.05, 0) is 24.0 Å². The van der Waals surface area contributed by atoms with Crippen LogP contribution in [0.3, 0.4) is 0 Å². The van der Waals surface area contributed by atoms with Crippen LogP contribution in [0, 0.1) is 17.8 Å². The largest absolute Gasteiger partial charge is 0.432 e.